The molecule has 2 N–H and O–H groups in total. The Balaban J connectivity index is 1.86. The van der Waals surface area contributed by atoms with E-state index in [1.54, 1.807) is 6.07 Å². The van der Waals surface area contributed by atoms with Crippen molar-refractivity contribution in [1.29, 1.82) is 0 Å². The second-order valence-corrected chi connectivity index (χ2v) is 6.69. The number of rotatable bonds is 6. The van der Waals surface area contributed by atoms with E-state index in [0.717, 1.165) is 12.0 Å². The Morgan fingerprint density at radius 3 is 2.73 bits per heavy atom. The van der Waals surface area contributed by atoms with E-state index < -0.39 is 16.1 Å². The van der Waals surface area contributed by atoms with Crippen molar-refractivity contribution in [3.8, 4) is 0 Å². The van der Waals surface area contributed by atoms with Gasteiger partial charge in [-0.15, -0.1) is 0 Å². The number of benzene rings is 1. The summed E-state index contributed by atoms with van der Waals surface area (Å²) in [7, 11) is -3.64. The molecule has 0 aliphatic carbocycles. The van der Waals surface area contributed by atoms with Crippen LogP contribution in [0.3, 0.4) is 0 Å². The highest BCUT2D eigenvalue weighted by Crippen LogP contribution is 2.10. The second kappa shape index (κ2) is 7.68. The van der Waals surface area contributed by atoms with Gasteiger partial charge in [0.05, 0.1) is 19.8 Å². The maximum absolute atomic E-state index is 12.0. The van der Waals surface area contributed by atoms with Crippen LogP contribution in [0.5, 0.6) is 0 Å². The average molecular weight is 327 g/mol. The normalized spacial score (nSPS) is 16.4. The fraction of sp³-hybridized carbons (Fsp3) is 0.500. The molecular weight excluding hydrogens is 306 g/mol. The van der Waals surface area contributed by atoms with Crippen LogP contribution in [-0.2, 0) is 26.2 Å². The number of hydrogen-bond donors (Lipinski definition) is 2. The standard InChI is InChI=1S/C14H21N3O4S/c1-2-12-4-3-5-13(10-12)16-14(18)11-15-22(19,20)17-6-8-21-9-7-17/h3-5,10,15H,2,6-9,11H2,1H3,(H,16,18). The minimum Gasteiger partial charge on any atom is -0.379 e. The minimum atomic E-state index is -3.64. The Morgan fingerprint density at radius 1 is 1.32 bits per heavy atom. The fourth-order valence-corrected chi connectivity index (χ4v) is 3.24. The summed E-state index contributed by atoms with van der Waals surface area (Å²) in [5, 5.41) is 2.68. The lowest BCUT2D eigenvalue weighted by atomic mass is 10.1. The molecule has 1 fully saturated rings. The first-order valence-electron chi connectivity index (χ1n) is 7.22. The van der Waals surface area contributed by atoms with Crippen molar-refractivity contribution in [2.45, 2.75) is 13.3 Å². The second-order valence-electron chi connectivity index (χ2n) is 4.94. The molecule has 0 unspecified atom stereocenters. The number of nitrogens with zero attached hydrogens (tertiary/aromatic N) is 1. The molecule has 1 aliphatic heterocycles. The zero-order chi connectivity index (χ0) is 16.0. The first kappa shape index (κ1) is 16.9. The van der Waals surface area contributed by atoms with Gasteiger partial charge in [0.25, 0.3) is 10.2 Å². The molecule has 1 heterocycles. The number of carbonyl (C=O) groups is 1. The number of nitrogens with one attached hydrogen (secondary N) is 2. The van der Waals surface area contributed by atoms with Gasteiger partial charge in [-0.2, -0.15) is 17.4 Å². The van der Waals surface area contributed by atoms with E-state index in [4.69, 9.17) is 4.74 Å². The average Bonchev–Trinajstić information content (AvgIpc) is 2.54. The maximum Gasteiger partial charge on any atom is 0.280 e. The van der Waals surface area contributed by atoms with E-state index in [2.05, 4.69) is 10.0 Å². The molecule has 7 nitrogen and oxygen atoms in total. The third-order valence-electron chi connectivity index (χ3n) is 3.34. The SMILES string of the molecule is CCc1cccc(NC(=O)CNS(=O)(=O)N2CCOCC2)c1. The van der Waals surface area contributed by atoms with Gasteiger partial charge in [-0.1, -0.05) is 19.1 Å². The predicted octanol–water partition coefficient (Wildman–Crippen LogP) is 0.354. The fourth-order valence-electron chi connectivity index (χ4n) is 2.11. The predicted molar refractivity (Wildman–Crippen MR) is 83.8 cm³/mol. The number of aryl methyl sites for hydroxylation is 1. The molecule has 0 spiro atoms. The van der Waals surface area contributed by atoms with Crippen LogP contribution in [0.25, 0.3) is 0 Å². The van der Waals surface area contributed by atoms with E-state index in [-0.39, 0.29) is 6.54 Å². The van der Waals surface area contributed by atoms with Gasteiger partial charge < -0.3 is 10.1 Å². The van der Waals surface area contributed by atoms with Gasteiger partial charge >= 0.3 is 0 Å². The number of ether oxygens (including phenoxy) is 1. The Kier molecular flexibility index (Phi) is 5.90. The third-order valence-corrected chi connectivity index (χ3v) is 4.90. The lowest BCUT2D eigenvalue weighted by Crippen LogP contribution is -2.48. The van der Waals surface area contributed by atoms with Gasteiger partial charge in [-0.3, -0.25) is 4.79 Å². The van der Waals surface area contributed by atoms with Crippen molar-refractivity contribution in [3.63, 3.8) is 0 Å². The van der Waals surface area contributed by atoms with Gasteiger partial charge in [-0.05, 0) is 24.1 Å². The van der Waals surface area contributed by atoms with E-state index in [0.29, 0.717) is 32.0 Å². The molecule has 0 aromatic heterocycles. The molecule has 122 valence electrons. The molecule has 1 aliphatic rings. The number of morpholine rings is 1. The summed E-state index contributed by atoms with van der Waals surface area (Å²) in [6.07, 6.45) is 0.868. The van der Waals surface area contributed by atoms with Crippen LogP contribution >= 0.6 is 0 Å². The molecule has 0 bridgehead atoms. The highest BCUT2D eigenvalue weighted by atomic mass is 32.2. The molecule has 1 aromatic rings. The third kappa shape index (κ3) is 4.77. The Labute approximate surface area is 130 Å². The highest BCUT2D eigenvalue weighted by molar-refractivity contribution is 7.87. The summed E-state index contributed by atoms with van der Waals surface area (Å²) >= 11 is 0. The molecule has 22 heavy (non-hydrogen) atoms. The smallest absolute Gasteiger partial charge is 0.280 e. The van der Waals surface area contributed by atoms with Gasteiger partial charge in [0.2, 0.25) is 5.91 Å². The van der Waals surface area contributed by atoms with Crippen molar-refractivity contribution in [1.82, 2.24) is 9.03 Å². The van der Waals surface area contributed by atoms with Crippen LogP contribution in [-0.4, -0.2) is 51.5 Å². The first-order valence-corrected chi connectivity index (χ1v) is 8.66. The molecule has 1 saturated heterocycles. The topological polar surface area (TPSA) is 87.7 Å². The first-order chi connectivity index (χ1) is 10.5. The molecule has 2 rings (SSSR count). The molecule has 0 atom stereocenters. The molecule has 0 saturated carbocycles. The van der Waals surface area contributed by atoms with Gasteiger partial charge in [-0.25, -0.2) is 0 Å². The monoisotopic (exact) mass is 327 g/mol. The van der Waals surface area contributed by atoms with Crippen molar-refractivity contribution in [3.05, 3.63) is 29.8 Å². The van der Waals surface area contributed by atoms with E-state index >= 15 is 0 Å². The van der Waals surface area contributed by atoms with Gasteiger partial charge in [0.1, 0.15) is 0 Å². The summed E-state index contributed by atoms with van der Waals surface area (Å²) in [5.41, 5.74) is 1.77. The van der Waals surface area contributed by atoms with Crippen LogP contribution in [0.1, 0.15) is 12.5 Å². The number of amides is 1. The number of carbonyl (C=O) groups excluding carboxylic acids is 1. The van der Waals surface area contributed by atoms with Crippen molar-refractivity contribution < 1.29 is 17.9 Å². The van der Waals surface area contributed by atoms with Crippen molar-refractivity contribution in [2.24, 2.45) is 0 Å². The van der Waals surface area contributed by atoms with Crippen molar-refractivity contribution in [2.75, 3.05) is 38.2 Å². The zero-order valence-electron chi connectivity index (χ0n) is 12.5. The highest BCUT2D eigenvalue weighted by Gasteiger charge is 2.24. The van der Waals surface area contributed by atoms with Gasteiger partial charge in [0, 0.05) is 18.8 Å². The van der Waals surface area contributed by atoms with Crippen molar-refractivity contribution >= 4 is 21.8 Å². The Bertz CT molecular complexity index is 612. The van der Waals surface area contributed by atoms with Crippen LogP contribution in [0.4, 0.5) is 5.69 Å². The molecular formula is C14H21N3O4S. The molecule has 1 aromatic carbocycles. The maximum atomic E-state index is 12.0. The zero-order valence-corrected chi connectivity index (χ0v) is 13.4. The van der Waals surface area contributed by atoms with Gasteiger partial charge in [0.15, 0.2) is 0 Å². The van der Waals surface area contributed by atoms with E-state index in [9.17, 15) is 13.2 Å². The van der Waals surface area contributed by atoms with Crippen LogP contribution in [0.2, 0.25) is 0 Å². The summed E-state index contributed by atoms with van der Waals surface area (Å²) in [6.45, 7) is 3.08. The van der Waals surface area contributed by atoms with E-state index in [1.165, 1.54) is 4.31 Å². The lowest BCUT2D eigenvalue weighted by molar-refractivity contribution is -0.115. The Morgan fingerprint density at radius 2 is 2.05 bits per heavy atom. The van der Waals surface area contributed by atoms with Crippen LogP contribution in [0.15, 0.2) is 24.3 Å². The minimum absolute atomic E-state index is 0.296. The Hall–Kier alpha value is -1.48. The van der Waals surface area contributed by atoms with Crippen LogP contribution < -0.4 is 10.0 Å². The summed E-state index contributed by atoms with van der Waals surface area (Å²) in [5.74, 6) is -0.398. The number of anilines is 1. The summed E-state index contributed by atoms with van der Waals surface area (Å²) < 4.78 is 32.7. The number of hydrogen-bond acceptors (Lipinski definition) is 4. The quantitative estimate of drug-likeness (QED) is 0.789. The molecule has 0 radical (unpaired) electrons. The molecule has 1 amide bonds. The molecule has 8 heteroatoms. The van der Waals surface area contributed by atoms with E-state index in [1.807, 2.05) is 25.1 Å². The largest absolute Gasteiger partial charge is 0.379 e. The summed E-state index contributed by atoms with van der Waals surface area (Å²) in [6, 6.07) is 7.46. The van der Waals surface area contributed by atoms with Crippen LogP contribution in [0, 0.1) is 0 Å². The lowest BCUT2D eigenvalue weighted by Gasteiger charge is -2.25. The summed E-state index contributed by atoms with van der Waals surface area (Å²) in [4.78, 5) is 11.9.